The van der Waals surface area contributed by atoms with Crippen molar-refractivity contribution < 1.29 is 37.5 Å². The Kier molecular flexibility index (Phi) is 3.57. The highest BCUT2D eigenvalue weighted by Gasteiger charge is 2.63. The molecular weight excluding hydrogens is 311 g/mol. The Morgan fingerprint density at radius 3 is 2.59 bits per heavy atom. The van der Waals surface area contributed by atoms with E-state index in [2.05, 4.69) is 9.47 Å². The monoisotopic (exact) mass is 319 g/mol. The fourth-order valence-corrected chi connectivity index (χ4v) is 1.84. The number of nitro benzene ring substituents is 1. The highest BCUT2D eigenvalue weighted by molar-refractivity contribution is 5.97. The van der Waals surface area contributed by atoms with E-state index in [-0.39, 0.29) is 5.56 Å². The summed E-state index contributed by atoms with van der Waals surface area (Å²) in [5.41, 5.74) is -1.81. The maximum atomic E-state index is 13.0. The predicted molar refractivity (Wildman–Crippen MR) is 64.7 cm³/mol. The van der Waals surface area contributed by atoms with Crippen LogP contribution < -0.4 is 4.74 Å². The molecule has 0 radical (unpaired) electrons. The van der Waals surface area contributed by atoms with E-state index in [1.807, 2.05) is 0 Å². The quantitative estimate of drug-likeness (QED) is 0.507. The van der Waals surface area contributed by atoms with Gasteiger partial charge in [0.2, 0.25) is 0 Å². The van der Waals surface area contributed by atoms with E-state index >= 15 is 0 Å². The largest absolute Gasteiger partial charge is 0.465 e. The first-order chi connectivity index (χ1) is 10.1. The van der Waals surface area contributed by atoms with Crippen molar-refractivity contribution in [2.45, 2.75) is 12.0 Å². The molecule has 0 amide bonds. The van der Waals surface area contributed by atoms with E-state index in [0.29, 0.717) is 6.08 Å². The average molecular weight is 319 g/mol. The number of rotatable bonds is 2. The van der Waals surface area contributed by atoms with Crippen molar-refractivity contribution in [3.8, 4) is 5.75 Å². The third kappa shape index (κ3) is 2.37. The van der Waals surface area contributed by atoms with Crippen molar-refractivity contribution in [1.29, 1.82) is 0 Å². The fraction of sp³-hybridized carbons (Fsp3) is 0.250. The van der Waals surface area contributed by atoms with Crippen molar-refractivity contribution in [1.82, 2.24) is 0 Å². The molecule has 0 fully saturated rings. The summed E-state index contributed by atoms with van der Waals surface area (Å²) in [5, 5.41) is 20.4. The van der Waals surface area contributed by atoms with E-state index in [4.69, 9.17) is 0 Å². The minimum absolute atomic E-state index is 0.163. The van der Waals surface area contributed by atoms with Gasteiger partial charge in [-0.25, -0.2) is 4.79 Å². The van der Waals surface area contributed by atoms with Gasteiger partial charge in [0.1, 0.15) is 11.3 Å². The Morgan fingerprint density at radius 2 is 2.09 bits per heavy atom. The smallest absolute Gasteiger partial charge is 0.460 e. The molecule has 0 aliphatic carbocycles. The van der Waals surface area contributed by atoms with Crippen LogP contribution in [-0.2, 0) is 9.53 Å². The number of alkyl halides is 3. The number of ether oxygens (including phenoxy) is 2. The molecule has 0 spiro atoms. The Bertz CT molecular complexity index is 684. The molecule has 0 bridgehead atoms. The maximum absolute atomic E-state index is 13.0. The van der Waals surface area contributed by atoms with Gasteiger partial charge in [0.05, 0.1) is 12.0 Å². The number of fused-ring (bicyclic) bond motifs is 1. The Balaban J connectivity index is 2.65. The Hall–Kier alpha value is -2.62. The summed E-state index contributed by atoms with van der Waals surface area (Å²) in [6, 6.07) is 2.72. The molecule has 118 valence electrons. The maximum Gasteiger partial charge on any atom is 0.460 e. The highest BCUT2D eigenvalue weighted by atomic mass is 19.4. The minimum Gasteiger partial charge on any atom is -0.465 e. The minimum atomic E-state index is -5.33. The summed E-state index contributed by atoms with van der Waals surface area (Å²) in [6.45, 7) is 0. The number of non-ortho nitro benzene ring substituents is 1. The van der Waals surface area contributed by atoms with Gasteiger partial charge < -0.3 is 14.6 Å². The van der Waals surface area contributed by atoms with Crippen molar-refractivity contribution in [3.63, 3.8) is 0 Å². The van der Waals surface area contributed by atoms with E-state index < -0.39 is 39.9 Å². The number of carbonyl (C=O) groups excluding carboxylic acids is 1. The molecule has 10 heteroatoms. The number of nitrogens with zero attached hydrogens (tertiary/aromatic N) is 1. The molecule has 0 aromatic heterocycles. The summed E-state index contributed by atoms with van der Waals surface area (Å²) < 4.78 is 47.8. The van der Waals surface area contributed by atoms with Gasteiger partial charge >= 0.3 is 17.9 Å². The molecular formula is C12H8F3NO6. The summed E-state index contributed by atoms with van der Waals surface area (Å²) in [6.07, 6.45) is -4.68. The van der Waals surface area contributed by atoms with Gasteiger partial charge in [0, 0.05) is 17.7 Å². The molecule has 0 saturated heterocycles. The molecule has 1 N–H and O–H groups in total. The van der Waals surface area contributed by atoms with E-state index in [1.54, 1.807) is 0 Å². The standard InChI is InChI=1S/C12H8F3NO6/c1-21-10(17)8-5-6-4-7(16(19)20)2-3-9(6)22-11(8,18)12(13,14)15/h2-5,18H,1H3. The van der Waals surface area contributed by atoms with Gasteiger partial charge in [-0.2, -0.15) is 13.2 Å². The summed E-state index contributed by atoms with van der Waals surface area (Å²) in [5.74, 6) is -5.83. The first-order valence-electron chi connectivity index (χ1n) is 5.67. The third-order valence-corrected chi connectivity index (χ3v) is 2.92. The van der Waals surface area contributed by atoms with Crippen molar-refractivity contribution in [2.75, 3.05) is 7.11 Å². The topological polar surface area (TPSA) is 98.9 Å². The van der Waals surface area contributed by atoms with E-state index in [0.717, 1.165) is 25.3 Å². The average Bonchev–Trinajstić information content (AvgIpc) is 2.43. The second kappa shape index (κ2) is 4.98. The van der Waals surface area contributed by atoms with Crippen LogP contribution in [-0.4, -0.2) is 35.1 Å². The molecule has 0 saturated carbocycles. The summed E-state index contributed by atoms with van der Waals surface area (Å²) in [7, 11) is 0.822. The number of halogens is 3. The number of hydrogen-bond donors (Lipinski definition) is 1. The zero-order valence-corrected chi connectivity index (χ0v) is 10.9. The van der Waals surface area contributed by atoms with Crippen molar-refractivity contribution in [2.24, 2.45) is 0 Å². The van der Waals surface area contributed by atoms with E-state index in [1.165, 1.54) is 0 Å². The fourth-order valence-electron chi connectivity index (χ4n) is 1.84. The highest BCUT2D eigenvalue weighted by Crippen LogP contribution is 2.44. The number of hydrogen-bond acceptors (Lipinski definition) is 6. The lowest BCUT2D eigenvalue weighted by molar-refractivity contribution is -0.385. The first kappa shape index (κ1) is 15.8. The second-order valence-electron chi connectivity index (χ2n) is 4.27. The van der Waals surface area contributed by atoms with E-state index in [9.17, 15) is 33.2 Å². The third-order valence-electron chi connectivity index (χ3n) is 2.92. The summed E-state index contributed by atoms with van der Waals surface area (Å²) >= 11 is 0. The van der Waals surface area contributed by atoms with Crippen LogP contribution in [0.1, 0.15) is 5.56 Å². The van der Waals surface area contributed by atoms with Crippen LogP contribution in [0.5, 0.6) is 5.75 Å². The van der Waals surface area contributed by atoms with Gasteiger partial charge in [-0.15, -0.1) is 0 Å². The van der Waals surface area contributed by atoms with Crippen LogP contribution in [0.25, 0.3) is 6.08 Å². The molecule has 1 aromatic rings. The molecule has 7 nitrogen and oxygen atoms in total. The molecule has 2 rings (SSSR count). The number of benzene rings is 1. The Morgan fingerprint density at radius 1 is 1.45 bits per heavy atom. The molecule has 1 unspecified atom stereocenters. The SMILES string of the molecule is COC(=O)C1=Cc2cc([N+](=O)[O-])ccc2OC1(O)C(F)(F)F. The Labute approximate surface area is 120 Å². The van der Waals surface area contributed by atoms with Crippen LogP contribution in [0.2, 0.25) is 0 Å². The van der Waals surface area contributed by atoms with Crippen LogP contribution in [0.4, 0.5) is 18.9 Å². The number of carbonyl (C=O) groups is 1. The number of nitro groups is 1. The van der Waals surface area contributed by atoms with Gasteiger partial charge in [0.15, 0.2) is 0 Å². The van der Waals surface area contributed by atoms with Crippen LogP contribution in [0.15, 0.2) is 23.8 Å². The van der Waals surface area contributed by atoms with Crippen LogP contribution in [0.3, 0.4) is 0 Å². The van der Waals surface area contributed by atoms with Gasteiger partial charge in [0.25, 0.3) is 5.69 Å². The van der Waals surface area contributed by atoms with Crippen molar-refractivity contribution >= 4 is 17.7 Å². The summed E-state index contributed by atoms with van der Waals surface area (Å²) in [4.78, 5) is 21.4. The molecule has 1 aliphatic rings. The normalized spacial score (nSPS) is 20.5. The zero-order valence-electron chi connectivity index (χ0n) is 10.9. The lowest BCUT2D eigenvalue weighted by Gasteiger charge is -2.34. The van der Waals surface area contributed by atoms with Gasteiger partial charge in [-0.3, -0.25) is 10.1 Å². The van der Waals surface area contributed by atoms with Crippen LogP contribution >= 0.6 is 0 Å². The lowest BCUT2D eigenvalue weighted by Crippen LogP contribution is -2.54. The second-order valence-corrected chi connectivity index (χ2v) is 4.27. The molecule has 1 aromatic carbocycles. The predicted octanol–water partition coefficient (Wildman–Crippen LogP) is 1.79. The molecule has 1 heterocycles. The molecule has 1 atom stereocenters. The zero-order chi connectivity index (χ0) is 16.7. The van der Waals surface area contributed by atoms with Crippen molar-refractivity contribution in [3.05, 3.63) is 39.4 Å². The molecule has 22 heavy (non-hydrogen) atoms. The van der Waals surface area contributed by atoms with Gasteiger partial charge in [-0.1, -0.05) is 0 Å². The number of esters is 1. The van der Waals surface area contributed by atoms with Crippen LogP contribution in [0, 0.1) is 10.1 Å². The van der Waals surface area contributed by atoms with Gasteiger partial charge in [-0.05, 0) is 12.1 Å². The lowest BCUT2D eigenvalue weighted by atomic mass is 9.97. The number of methoxy groups -OCH3 is 1. The number of aliphatic hydroxyl groups is 1. The molecule has 1 aliphatic heterocycles. The first-order valence-corrected chi connectivity index (χ1v) is 5.67.